The van der Waals surface area contributed by atoms with Crippen molar-refractivity contribution in [2.45, 2.75) is 77.9 Å². The summed E-state index contributed by atoms with van der Waals surface area (Å²) in [6.45, 7) is 5.21. The van der Waals surface area contributed by atoms with Crippen molar-refractivity contribution in [3.05, 3.63) is 63.1 Å². The summed E-state index contributed by atoms with van der Waals surface area (Å²) in [7, 11) is -3.80. The molecule has 0 spiro atoms. The summed E-state index contributed by atoms with van der Waals surface area (Å²) in [5.41, 5.74) is 2.81. The number of halogens is 2. The third kappa shape index (κ3) is 7.64. The first-order chi connectivity index (χ1) is 17.9. The molecular weight excluding hydrogens is 545 g/mol. The van der Waals surface area contributed by atoms with Crippen LogP contribution in [0.2, 0.25) is 10.0 Å². The van der Waals surface area contributed by atoms with Crippen LogP contribution in [-0.2, 0) is 26.2 Å². The van der Waals surface area contributed by atoms with Gasteiger partial charge in [-0.25, -0.2) is 8.42 Å². The van der Waals surface area contributed by atoms with Crippen LogP contribution in [0.25, 0.3) is 0 Å². The SMILES string of the molecule is CC[C@@H](C(=O)NC1CCCCC1)N(Cc1ccc(Cl)c(Cl)c1)C(=O)CN(c1cccc(C)c1C)S(C)(=O)=O. The minimum Gasteiger partial charge on any atom is -0.352 e. The number of benzene rings is 2. The van der Waals surface area contributed by atoms with E-state index in [9.17, 15) is 18.0 Å². The molecule has 0 radical (unpaired) electrons. The topological polar surface area (TPSA) is 86.8 Å². The lowest BCUT2D eigenvalue weighted by Crippen LogP contribution is -2.54. The van der Waals surface area contributed by atoms with Crippen LogP contribution in [0, 0.1) is 13.8 Å². The highest BCUT2D eigenvalue weighted by Crippen LogP contribution is 2.27. The standard InChI is InChI=1S/C28H37Cl2N3O4S/c1-5-25(28(35)31-22-11-7-6-8-12-22)32(17-21-14-15-23(29)24(30)16-21)27(34)18-33(38(4,36)37)26-13-9-10-19(2)20(26)3/h9-10,13-16,22,25H,5-8,11-12,17-18H2,1-4H3,(H,31,35)/t25-/m0/s1. The zero-order valence-corrected chi connectivity index (χ0v) is 24.8. The lowest BCUT2D eigenvalue weighted by atomic mass is 9.95. The average molecular weight is 583 g/mol. The number of amides is 2. The molecule has 3 rings (SSSR count). The number of carbonyl (C=O) groups excluding carboxylic acids is 2. The van der Waals surface area contributed by atoms with Crippen molar-refractivity contribution in [2.24, 2.45) is 0 Å². The number of aryl methyl sites for hydroxylation is 1. The summed E-state index contributed by atoms with van der Waals surface area (Å²) in [4.78, 5) is 28.8. The van der Waals surface area contributed by atoms with Crippen molar-refractivity contribution in [2.75, 3.05) is 17.1 Å². The maximum absolute atomic E-state index is 13.9. The molecule has 2 aromatic carbocycles. The van der Waals surface area contributed by atoms with Gasteiger partial charge < -0.3 is 10.2 Å². The number of sulfonamides is 1. The van der Waals surface area contributed by atoms with E-state index in [0.717, 1.165) is 53.8 Å². The van der Waals surface area contributed by atoms with E-state index in [-0.39, 0.29) is 18.5 Å². The summed E-state index contributed by atoms with van der Waals surface area (Å²) in [6, 6.07) is 9.69. The van der Waals surface area contributed by atoms with E-state index in [1.807, 2.05) is 26.8 Å². The summed E-state index contributed by atoms with van der Waals surface area (Å²) < 4.78 is 26.9. The van der Waals surface area contributed by atoms with Gasteiger partial charge >= 0.3 is 0 Å². The second-order valence-corrected chi connectivity index (χ2v) is 12.7. The highest BCUT2D eigenvalue weighted by Gasteiger charge is 2.33. The minimum absolute atomic E-state index is 0.0784. The third-order valence-electron chi connectivity index (χ3n) is 7.20. The maximum atomic E-state index is 13.9. The molecule has 1 aliphatic carbocycles. The fourth-order valence-corrected chi connectivity index (χ4v) is 6.12. The first kappa shape index (κ1) is 30.3. The van der Waals surface area contributed by atoms with Gasteiger partial charge in [-0.1, -0.05) is 67.6 Å². The second-order valence-electron chi connectivity index (χ2n) is 10.0. The number of anilines is 1. The lowest BCUT2D eigenvalue weighted by molar-refractivity contribution is -0.140. The zero-order chi connectivity index (χ0) is 28.0. The molecule has 0 unspecified atom stereocenters. The van der Waals surface area contributed by atoms with Crippen LogP contribution >= 0.6 is 23.2 Å². The molecule has 1 fully saturated rings. The summed E-state index contributed by atoms with van der Waals surface area (Å²) in [5, 5.41) is 3.85. The van der Waals surface area contributed by atoms with Gasteiger partial charge in [-0.15, -0.1) is 0 Å². The van der Waals surface area contributed by atoms with Gasteiger partial charge in [0.05, 0.1) is 22.0 Å². The Balaban J connectivity index is 1.96. The van der Waals surface area contributed by atoms with E-state index in [1.165, 1.54) is 4.90 Å². The van der Waals surface area contributed by atoms with E-state index in [2.05, 4.69) is 5.32 Å². The molecule has 0 saturated heterocycles. The van der Waals surface area contributed by atoms with E-state index in [0.29, 0.717) is 27.7 Å². The number of hydrogen-bond donors (Lipinski definition) is 1. The molecule has 0 aliphatic heterocycles. The molecule has 38 heavy (non-hydrogen) atoms. The Labute approximate surface area is 236 Å². The molecule has 7 nitrogen and oxygen atoms in total. The molecule has 1 N–H and O–H groups in total. The summed E-state index contributed by atoms with van der Waals surface area (Å²) in [5.74, 6) is -0.710. The van der Waals surface area contributed by atoms with Gasteiger partial charge in [0.25, 0.3) is 0 Å². The smallest absolute Gasteiger partial charge is 0.244 e. The van der Waals surface area contributed by atoms with Crippen molar-refractivity contribution >= 4 is 50.7 Å². The second kappa shape index (κ2) is 13.2. The highest BCUT2D eigenvalue weighted by molar-refractivity contribution is 7.92. The van der Waals surface area contributed by atoms with Crippen LogP contribution in [0.15, 0.2) is 36.4 Å². The molecule has 1 saturated carbocycles. The predicted octanol–water partition coefficient (Wildman–Crippen LogP) is 5.63. The fraction of sp³-hybridized carbons (Fsp3) is 0.500. The van der Waals surface area contributed by atoms with Crippen molar-refractivity contribution in [1.29, 1.82) is 0 Å². The monoisotopic (exact) mass is 581 g/mol. The van der Waals surface area contributed by atoms with Gasteiger partial charge in [-0.05, 0) is 68.0 Å². The van der Waals surface area contributed by atoms with E-state index < -0.39 is 28.5 Å². The molecule has 2 aromatic rings. The van der Waals surface area contributed by atoms with Gasteiger partial charge in [0, 0.05) is 12.6 Å². The molecule has 1 aliphatic rings. The molecule has 2 amide bonds. The van der Waals surface area contributed by atoms with Crippen LogP contribution in [0.3, 0.4) is 0 Å². The van der Waals surface area contributed by atoms with Gasteiger partial charge in [0.1, 0.15) is 12.6 Å². The summed E-state index contributed by atoms with van der Waals surface area (Å²) in [6.07, 6.45) is 6.56. The normalized spacial score (nSPS) is 15.1. The number of nitrogens with one attached hydrogen (secondary N) is 1. The first-order valence-corrected chi connectivity index (χ1v) is 15.6. The highest BCUT2D eigenvalue weighted by atomic mass is 35.5. The Morgan fingerprint density at radius 3 is 2.34 bits per heavy atom. The minimum atomic E-state index is -3.80. The molecule has 1 atom stereocenters. The predicted molar refractivity (Wildman–Crippen MR) is 154 cm³/mol. The van der Waals surface area contributed by atoms with Gasteiger partial charge in [0.2, 0.25) is 21.8 Å². The molecule has 10 heteroatoms. The number of rotatable bonds is 10. The first-order valence-electron chi connectivity index (χ1n) is 13.0. The molecular formula is C28H37Cl2N3O4S. The maximum Gasteiger partial charge on any atom is 0.244 e. The van der Waals surface area contributed by atoms with E-state index in [1.54, 1.807) is 30.3 Å². The van der Waals surface area contributed by atoms with Crippen LogP contribution < -0.4 is 9.62 Å². The van der Waals surface area contributed by atoms with Crippen molar-refractivity contribution < 1.29 is 18.0 Å². The summed E-state index contributed by atoms with van der Waals surface area (Å²) >= 11 is 12.3. The molecule has 208 valence electrons. The quantitative estimate of drug-likeness (QED) is 0.393. The lowest BCUT2D eigenvalue weighted by Gasteiger charge is -2.34. The Kier molecular flexibility index (Phi) is 10.5. The Hall–Kier alpha value is -2.29. The molecule has 0 aromatic heterocycles. The Morgan fingerprint density at radius 2 is 1.74 bits per heavy atom. The number of carbonyl (C=O) groups is 2. The zero-order valence-electron chi connectivity index (χ0n) is 22.5. The average Bonchev–Trinajstić information content (AvgIpc) is 2.86. The van der Waals surface area contributed by atoms with Gasteiger partial charge in [0.15, 0.2) is 0 Å². The van der Waals surface area contributed by atoms with Crippen LogP contribution in [-0.4, -0.2) is 50.0 Å². The number of hydrogen-bond acceptors (Lipinski definition) is 4. The largest absolute Gasteiger partial charge is 0.352 e. The van der Waals surface area contributed by atoms with Crippen LogP contribution in [0.4, 0.5) is 5.69 Å². The van der Waals surface area contributed by atoms with E-state index in [4.69, 9.17) is 23.2 Å². The fourth-order valence-electron chi connectivity index (χ4n) is 4.90. The van der Waals surface area contributed by atoms with Crippen LogP contribution in [0.5, 0.6) is 0 Å². The van der Waals surface area contributed by atoms with Crippen molar-refractivity contribution in [3.8, 4) is 0 Å². The van der Waals surface area contributed by atoms with Crippen molar-refractivity contribution in [1.82, 2.24) is 10.2 Å². The number of nitrogens with zero attached hydrogens (tertiary/aromatic N) is 2. The van der Waals surface area contributed by atoms with Gasteiger partial charge in [-0.3, -0.25) is 13.9 Å². The van der Waals surface area contributed by atoms with Gasteiger partial charge in [-0.2, -0.15) is 0 Å². The third-order valence-corrected chi connectivity index (χ3v) is 9.06. The Bertz CT molecular complexity index is 1260. The van der Waals surface area contributed by atoms with E-state index >= 15 is 0 Å². The van der Waals surface area contributed by atoms with Crippen molar-refractivity contribution in [3.63, 3.8) is 0 Å². The van der Waals surface area contributed by atoms with Crippen LogP contribution in [0.1, 0.15) is 62.1 Å². The molecule has 0 heterocycles. The Morgan fingerprint density at radius 1 is 1.05 bits per heavy atom. The molecule has 0 bridgehead atoms.